The maximum Gasteiger partial charge on any atom is 0.325 e. The molecular formula is C21H22FN5O4S2. The monoisotopic (exact) mass is 491 g/mol. The fraction of sp³-hybridized carbons (Fsp3) is 0.238. The van der Waals surface area contributed by atoms with Crippen molar-refractivity contribution < 1.29 is 23.5 Å². The zero-order valence-corrected chi connectivity index (χ0v) is 19.5. The van der Waals surface area contributed by atoms with Crippen LogP contribution < -0.4 is 25.4 Å². The molecule has 3 rings (SSSR count). The van der Waals surface area contributed by atoms with E-state index in [1.54, 1.807) is 14.2 Å². The molecule has 0 aliphatic heterocycles. The van der Waals surface area contributed by atoms with Crippen LogP contribution in [0.25, 0.3) is 0 Å². The molecule has 0 fully saturated rings. The number of amides is 3. The second-order valence-corrected chi connectivity index (χ2v) is 8.74. The van der Waals surface area contributed by atoms with Crippen LogP contribution in [0.5, 0.6) is 11.5 Å². The second-order valence-electron chi connectivity index (χ2n) is 6.54. The summed E-state index contributed by atoms with van der Waals surface area (Å²) in [7, 11) is 3.15. The van der Waals surface area contributed by atoms with Gasteiger partial charge in [0, 0.05) is 12.2 Å². The Morgan fingerprint density at radius 1 is 1.03 bits per heavy atom. The van der Waals surface area contributed by atoms with Crippen LogP contribution in [0.3, 0.4) is 0 Å². The first kappa shape index (κ1) is 24.3. The summed E-state index contributed by atoms with van der Waals surface area (Å²) >= 11 is 2.37. The van der Waals surface area contributed by atoms with Gasteiger partial charge in [0.2, 0.25) is 11.0 Å². The van der Waals surface area contributed by atoms with Gasteiger partial charge in [-0.25, -0.2) is 9.18 Å². The molecule has 12 heteroatoms. The average molecular weight is 492 g/mol. The minimum atomic E-state index is -0.526. The van der Waals surface area contributed by atoms with Crippen LogP contribution in [0, 0.1) is 5.82 Å². The summed E-state index contributed by atoms with van der Waals surface area (Å²) in [5.41, 5.74) is 1.46. The van der Waals surface area contributed by atoms with Gasteiger partial charge in [-0.3, -0.25) is 10.1 Å². The van der Waals surface area contributed by atoms with E-state index >= 15 is 0 Å². The number of carbonyl (C=O) groups is 2. The van der Waals surface area contributed by atoms with Crippen molar-refractivity contribution in [3.63, 3.8) is 0 Å². The van der Waals surface area contributed by atoms with Gasteiger partial charge >= 0.3 is 6.03 Å². The molecule has 174 valence electrons. The molecule has 3 N–H and O–H groups in total. The fourth-order valence-electron chi connectivity index (χ4n) is 2.67. The molecule has 3 amide bonds. The van der Waals surface area contributed by atoms with Crippen LogP contribution in [0.15, 0.2) is 46.8 Å². The van der Waals surface area contributed by atoms with Crippen molar-refractivity contribution in [2.45, 2.75) is 10.8 Å². The van der Waals surface area contributed by atoms with Crippen LogP contribution in [-0.2, 0) is 11.2 Å². The summed E-state index contributed by atoms with van der Waals surface area (Å²) in [6.45, 7) is 0.474. The summed E-state index contributed by atoms with van der Waals surface area (Å²) in [5, 5.41) is 16.1. The quantitative estimate of drug-likeness (QED) is 0.292. The Morgan fingerprint density at radius 2 is 1.79 bits per heavy atom. The van der Waals surface area contributed by atoms with Crippen LogP contribution in [-0.4, -0.2) is 48.7 Å². The highest BCUT2D eigenvalue weighted by atomic mass is 32.2. The largest absolute Gasteiger partial charge is 0.493 e. The Hall–Kier alpha value is -3.38. The van der Waals surface area contributed by atoms with Crippen LogP contribution in [0.2, 0.25) is 0 Å². The van der Waals surface area contributed by atoms with Crippen molar-refractivity contribution in [2.75, 3.05) is 37.2 Å². The van der Waals surface area contributed by atoms with E-state index in [0.29, 0.717) is 34.5 Å². The molecule has 0 aliphatic carbocycles. The highest BCUT2D eigenvalue weighted by Gasteiger charge is 2.11. The van der Waals surface area contributed by atoms with Crippen LogP contribution in [0.1, 0.15) is 5.56 Å². The third-order valence-corrected chi connectivity index (χ3v) is 6.21. The molecule has 0 atom stereocenters. The number of methoxy groups -OCH3 is 2. The van der Waals surface area contributed by atoms with Gasteiger partial charge in [0.15, 0.2) is 15.8 Å². The maximum atomic E-state index is 12.9. The number of hydrogen-bond donors (Lipinski definition) is 3. The van der Waals surface area contributed by atoms with Gasteiger partial charge in [0.25, 0.3) is 0 Å². The van der Waals surface area contributed by atoms with Crippen molar-refractivity contribution in [1.29, 1.82) is 0 Å². The molecular weight excluding hydrogens is 469 g/mol. The smallest absolute Gasteiger partial charge is 0.325 e. The van der Waals surface area contributed by atoms with E-state index in [2.05, 4.69) is 26.1 Å². The molecule has 0 saturated carbocycles. The topological polar surface area (TPSA) is 114 Å². The zero-order chi connectivity index (χ0) is 23.6. The molecule has 0 aliphatic rings. The molecule has 1 aromatic heterocycles. The van der Waals surface area contributed by atoms with Crippen molar-refractivity contribution in [1.82, 2.24) is 15.5 Å². The van der Waals surface area contributed by atoms with Gasteiger partial charge in [-0.2, -0.15) is 0 Å². The molecule has 3 aromatic rings. The average Bonchev–Trinajstić information content (AvgIpc) is 3.26. The minimum absolute atomic E-state index is 0.140. The van der Waals surface area contributed by atoms with E-state index in [9.17, 15) is 14.0 Å². The van der Waals surface area contributed by atoms with Crippen LogP contribution in [0.4, 0.5) is 20.0 Å². The van der Waals surface area contributed by atoms with Gasteiger partial charge in [0.05, 0.1) is 20.0 Å². The maximum absolute atomic E-state index is 12.9. The highest BCUT2D eigenvalue weighted by Crippen LogP contribution is 2.28. The summed E-state index contributed by atoms with van der Waals surface area (Å²) in [5.74, 6) is 0.933. The lowest BCUT2D eigenvalue weighted by Crippen LogP contribution is -2.27. The van der Waals surface area contributed by atoms with Crippen molar-refractivity contribution >= 4 is 45.9 Å². The number of halogens is 1. The summed E-state index contributed by atoms with van der Waals surface area (Å²) in [6, 6.07) is 10.5. The lowest BCUT2D eigenvalue weighted by molar-refractivity contribution is -0.118. The predicted molar refractivity (Wildman–Crippen MR) is 126 cm³/mol. The zero-order valence-electron chi connectivity index (χ0n) is 17.9. The number of thioether (sulfide) groups is 1. The third kappa shape index (κ3) is 7.61. The lowest BCUT2D eigenvalue weighted by Gasteiger charge is -2.10. The summed E-state index contributed by atoms with van der Waals surface area (Å²) in [6.07, 6.45) is 0.646. The van der Waals surface area contributed by atoms with Gasteiger partial charge in [0.1, 0.15) is 5.82 Å². The second kappa shape index (κ2) is 12.0. The molecule has 0 spiro atoms. The van der Waals surface area contributed by atoms with E-state index in [1.165, 1.54) is 36.0 Å². The first-order valence-corrected chi connectivity index (χ1v) is 11.5. The molecule has 33 heavy (non-hydrogen) atoms. The predicted octanol–water partition coefficient (Wildman–Crippen LogP) is 3.79. The van der Waals surface area contributed by atoms with E-state index in [1.807, 2.05) is 18.2 Å². The highest BCUT2D eigenvalue weighted by molar-refractivity contribution is 8.01. The molecule has 0 radical (unpaired) electrons. The Morgan fingerprint density at radius 3 is 2.52 bits per heavy atom. The first-order valence-electron chi connectivity index (χ1n) is 9.74. The Labute approximate surface area is 198 Å². The molecule has 0 unspecified atom stereocenters. The first-order chi connectivity index (χ1) is 16.0. The number of nitrogens with zero attached hydrogens (tertiary/aromatic N) is 2. The molecule has 9 nitrogen and oxygen atoms in total. The molecule has 0 bridgehead atoms. The Balaban J connectivity index is 1.38. The number of nitrogens with one attached hydrogen (secondary N) is 3. The fourth-order valence-corrected chi connectivity index (χ4v) is 4.25. The number of hydrogen-bond acceptors (Lipinski definition) is 8. The lowest BCUT2D eigenvalue weighted by atomic mass is 10.1. The number of benzene rings is 2. The molecule has 2 aromatic carbocycles. The van der Waals surface area contributed by atoms with Crippen molar-refractivity contribution in [3.8, 4) is 11.5 Å². The van der Waals surface area contributed by atoms with Crippen molar-refractivity contribution in [3.05, 3.63) is 53.8 Å². The number of rotatable bonds is 10. The number of ether oxygens (including phenoxy) is 2. The normalized spacial score (nSPS) is 10.4. The van der Waals surface area contributed by atoms with Gasteiger partial charge in [-0.05, 0) is 48.4 Å². The van der Waals surface area contributed by atoms with Gasteiger partial charge in [-0.1, -0.05) is 29.2 Å². The van der Waals surface area contributed by atoms with E-state index < -0.39 is 11.8 Å². The van der Waals surface area contributed by atoms with Gasteiger partial charge < -0.3 is 20.1 Å². The number of anilines is 2. The number of urea groups is 1. The summed E-state index contributed by atoms with van der Waals surface area (Å²) < 4.78 is 24.0. The Bertz CT molecular complexity index is 1090. The number of carbonyl (C=O) groups excluding carboxylic acids is 2. The molecule has 1 heterocycles. The SMILES string of the molecule is COc1ccc(CCNC(=O)CSc2nnc(NC(=O)Nc3ccc(F)cc3)s2)cc1OC. The molecule has 0 saturated heterocycles. The van der Waals surface area contributed by atoms with Crippen molar-refractivity contribution in [2.24, 2.45) is 0 Å². The van der Waals surface area contributed by atoms with Crippen LogP contribution >= 0.6 is 23.1 Å². The van der Waals surface area contributed by atoms with E-state index in [0.717, 1.165) is 16.9 Å². The minimum Gasteiger partial charge on any atom is -0.493 e. The van der Waals surface area contributed by atoms with E-state index in [-0.39, 0.29) is 16.8 Å². The van der Waals surface area contributed by atoms with Gasteiger partial charge in [-0.15, -0.1) is 10.2 Å². The Kier molecular flexibility index (Phi) is 8.84. The van der Waals surface area contributed by atoms with E-state index in [4.69, 9.17) is 9.47 Å². The summed E-state index contributed by atoms with van der Waals surface area (Å²) in [4.78, 5) is 24.1. The standard InChI is InChI=1S/C21H22FN5O4S2/c1-30-16-8-3-13(11-17(16)31-2)9-10-23-18(28)12-32-21-27-26-20(33-21)25-19(29)24-15-6-4-14(22)5-7-15/h3-8,11H,9-10,12H2,1-2H3,(H,23,28)(H2,24,25,26,29). The number of aromatic nitrogens is 2. The third-order valence-electron chi connectivity index (χ3n) is 4.24.